The molecule has 4 rings (SSSR count). The molecular weight excluding hydrogens is 442 g/mol. The SMILES string of the molecule is COc1ccc(CN2C(=O)c3ccccc3C2=O)cc1C(=O)OCc1cc(=O)n(C)c(=O)n1C. The molecule has 2 heterocycles. The zero-order valence-electron chi connectivity index (χ0n) is 18.7. The summed E-state index contributed by atoms with van der Waals surface area (Å²) >= 11 is 0. The van der Waals surface area contributed by atoms with Crippen LogP contribution in [-0.4, -0.2) is 38.9 Å². The summed E-state index contributed by atoms with van der Waals surface area (Å²) in [5.74, 6) is -1.34. The predicted molar refractivity (Wildman–Crippen MR) is 120 cm³/mol. The van der Waals surface area contributed by atoms with E-state index in [-0.39, 0.29) is 30.2 Å². The van der Waals surface area contributed by atoms with Gasteiger partial charge in [0.05, 0.1) is 30.5 Å². The van der Waals surface area contributed by atoms with Crippen LogP contribution in [0.5, 0.6) is 5.75 Å². The summed E-state index contributed by atoms with van der Waals surface area (Å²) in [6, 6.07) is 12.4. The van der Waals surface area contributed by atoms with Crippen LogP contribution in [0.4, 0.5) is 0 Å². The van der Waals surface area contributed by atoms with Gasteiger partial charge in [0.2, 0.25) is 0 Å². The highest BCUT2D eigenvalue weighted by molar-refractivity contribution is 6.21. The second kappa shape index (κ2) is 8.81. The van der Waals surface area contributed by atoms with Gasteiger partial charge in [-0.3, -0.25) is 28.4 Å². The van der Waals surface area contributed by atoms with Crippen LogP contribution < -0.4 is 16.0 Å². The molecular formula is C24H21N3O7. The van der Waals surface area contributed by atoms with Crippen LogP contribution in [0.1, 0.15) is 42.3 Å². The average Bonchev–Trinajstić information content (AvgIpc) is 3.08. The van der Waals surface area contributed by atoms with Crippen molar-refractivity contribution in [3.05, 3.63) is 97.3 Å². The first kappa shape index (κ1) is 22.7. The van der Waals surface area contributed by atoms with E-state index in [0.29, 0.717) is 16.7 Å². The fourth-order valence-electron chi connectivity index (χ4n) is 3.71. The molecule has 34 heavy (non-hydrogen) atoms. The number of carbonyl (C=O) groups is 3. The number of carbonyl (C=O) groups excluding carboxylic acids is 3. The van der Waals surface area contributed by atoms with E-state index in [1.54, 1.807) is 30.3 Å². The van der Waals surface area contributed by atoms with Crippen molar-refractivity contribution >= 4 is 17.8 Å². The van der Waals surface area contributed by atoms with Gasteiger partial charge in [-0.15, -0.1) is 0 Å². The van der Waals surface area contributed by atoms with E-state index in [9.17, 15) is 24.0 Å². The fraction of sp³-hybridized carbons (Fsp3) is 0.208. The smallest absolute Gasteiger partial charge is 0.342 e. The summed E-state index contributed by atoms with van der Waals surface area (Å²) in [5, 5.41) is 0. The second-order valence-electron chi connectivity index (χ2n) is 7.73. The minimum atomic E-state index is -0.755. The van der Waals surface area contributed by atoms with Crippen LogP contribution in [0.25, 0.3) is 0 Å². The normalized spacial score (nSPS) is 12.6. The number of ether oxygens (including phenoxy) is 2. The third-order valence-corrected chi connectivity index (χ3v) is 5.68. The van der Waals surface area contributed by atoms with Crippen LogP contribution in [0, 0.1) is 0 Å². The molecule has 174 valence electrons. The van der Waals surface area contributed by atoms with Crippen molar-refractivity contribution in [3.63, 3.8) is 0 Å². The molecule has 0 spiro atoms. The molecule has 0 fully saturated rings. The maximum atomic E-state index is 12.8. The summed E-state index contributed by atoms with van der Waals surface area (Å²) in [6.07, 6.45) is 0. The molecule has 0 saturated carbocycles. The highest BCUT2D eigenvalue weighted by atomic mass is 16.5. The molecule has 10 heteroatoms. The number of esters is 1. The Morgan fingerprint density at radius 2 is 1.53 bits per heavy atom. The van der Waals surface area contributed by atoms with E-state index < -0.39 is 29.0 Å². The van der Waals surface area contributed by atoms with Gasteiger partial charge >= 0.3 is 11.7 Å². The molecule has 10 nitrogen and oxygen atoms in total. The van der Waals surface area contributed by atoms with Crippen LogP contribution in [0.2, 0.25) is 0 Å². The van der Waals surface area contributed by atoms with Gasteiger partial charge in [0.15, 0.2) is 0 Å². The van der Waals surface area contributed by atoms with Gasteiger partial charge in [0.25, 0.3) is 17.4 Å². The molecule has 0 unspecified atom stereocenters. The summed E-state index contributed by atoms with van der Waals surface area (Å²) < 4.78 is 12.7. The number of hydrogen-bond acceptors (Lipinski definition) is 7. The first-order chi connectivity index (χ1) is 16.2. The van der Waals surface area contributed by atoms with Crippen LogP contribution >= 0.6 is 0 Å². The maximum Gasteiger partial charge on any atom is 0.342 e. The molecule has 0 N–H and O–H groups in total. The molecule has 1 aliphatic rings. The lowest BCUT2D eigenvalue weighted by Crippen LogP contribution is -2.38. The zero-order chi connectivity index (χ0) is 24.6. The lowest BCUT2D eigenvalue weighted by molar-refractivity contribution is 0.0458. The third kappa shape index (κ3) is 3.90. The first-order valence-electron chi connectivity index (χ1n) is 10.3. The number of imide groups is 1. The zero-order valence-corrected chi connectivity index (χ0v) is 18.7. The highest BCUT2D eigenvalue weighted by Gasteiger charge is 2.35. The number of nitrogens with zero attached hydrogens (tertiary/aromatic N) is 3. The lowest BCUT2D eigenvalue weighted by atomic mass is 10.1. The van der Waals surface area contributed by atoms with Crippen molar-refractivity contribution < 1.29 is 23.9 Å². The largest absolute Gasteiger partial charge is 0.496 e. The monoisotopic (exact) mass is 463 g/mol. The Balaban J connectivity index is 1.56. The molecule has 3 aromatic rings. The second-order valence-corrected chi connectivity index (χ2v) is 7.73. The van der Waals surface area contributed by atoms with E-state index in [4.69, 9.17) is 9.47 Å². The minimum Gasteiger partial charge on any atom is -0.496 e. The van der Waals surface area contributed by atoms with Crippen LogP contribution in [0.15, 0.2) is 58.1 Å². The fourth-order valence-corrected chi connectivity index (χ4v) is 3.71. The van der Waals surface area contributed by atoms with Crippen molar-refractivity contribution in [2.75, 3.05) is 7.11 Å². The summed E-state index contributed by atoms with van der Waals surface area (Å²) in [6.45, 7) is -0.355. The van der Waals surface area contributed by atoms with Gasteiger partial charge in [0, 0.05) is 20.2 Å². The summed E-state index contributed by atoms with van der Waals surface area (Å²) in [4.78, 5) is 63.2. The van der Waals surface area contributed by atoms with Gasteiger partial charge in [-0.25, -0.2) is 9.59 Å². The molecule has 0 atom stereocenters. The van der Waals surface area contributed by atoms with E-state index in [1.807, 2.05) is 0 Å². The predicted octanol–water partition coefficient (Wildman–Crippen LogP) is 1.25. The Labute approximate surface area is 193 Å². The topological polar surface area (TPSA) is 117 Å². The molecule has 2 amide bonds. The molecule has 2 aromatic carbocycles. The lowest BCUT2D eigenvalue weighted by Gasteiger charge is -2.16. The molecule has 0 radical (unpaired) electrons. The Kier molecular flexibility index (Phi) is 5.89. The minimum absolute atomic E-state index is 0.0418. The first-order valence-corrected chi connectivity index (χ1v) is 10.3. The summed E-state index contributed by atoms with van der Waals surface area (Å²) in [5.41, 5.74) is 0.422. The van der Waals surface area contributed by atoms with Gasteiger partial charge in [0.1, 0.15) is 17.9 Å². The molecule has 0 bridgehead atoms. The quantitative estimate of drug-likeness (QED) is 0.399. The van der Waals surface area contributed by atoms with E-state index in [1.165, 1.54) is 44.0 Å². The number of fused-ring (bicyclic) bond motifs is 1. The van der Waals surface area contributed by atoms with Gasteiger partial charge in [-0.05, 0) is 29.8 Å². The van der Waals surface area contributed by atoms with Crippen LogP contribution in [-0.2, 0) is 32.0 Å². The standard InChI is InChI=1S/C24H21N3O7/c1-25-15(11-20(28)26(2)24(25)32)13-34-23(31)18-10-14(8-9-19(18)33-3)12-27-21(29)16-6-4-5-7-17(16)22(27)30/h4-11H,12-13H2,1-3H3. The van der Waals surface area contributed by atoms with E-state index >= 15 is 0 Å². The van der Waals surface area contributed by atoms with Crippen molar-refractivity contribution in [2.45, 2.75) is 13.2 Å². The number of rotatable bonds is 6. The number of hydrogen-bond donors (Lipinski definition) is 0. The molecule has 0 aliphatic carbocycles. The van der Waals surface area contributed by atoms with Crippen molar-refractivity contribution in [2.24, 2.45) is 14.1 Å². The highest BCUT2D eigenvalue weighted by Crippen LogP contribution is 2.27. The average molecular weight is 463 g/mol. The van der Waals surface area contributed by atoms with Crippen molar-refractivity contribution in [1.29, 1.82) is 0 Å². The Morgan fingerprint density at radius 1 is 0.882 bits per heavy atom. The molecule has 1 aliphatic heterocycles. The Morgan fingerprint density at radius 3 is 2.15 bits per heavy atom. The molecule has 1 aromatic heterocycles. The summed E-state index contributed by atoms with van der Waals surface area (Å²) in [7, 11) is 4.21. The van der Waals surface area contributed by atoms with E-state index in [2.05, 4.69) is 0 Å². The number of aromatic nitrogens is 2. The molecule has 0 saturated heterocycles. The number of amides is 2. The van der Waals surface area contributed by atoms with Gasteiger partial charge in [-0.2, -0.15) is 0 Å². The Bertz CT molecular complexity index is 1420. The Hall–Kier alpha value is -4.47. The van der Waals surface area contributed by atoms with E-state index in [0.717, 1.165) is 9.47 Å². The number of methoxy groups -OCH3 is 1. The maximum absolute atomic E-state index is 12.8. The number of benzene rings is 2. The van der Waals surface area contributed by atoms with Gasteiger partial charge < -0.3 is 9.47 Å². The van der Waals surface area contributed by atoms with Crippen molar-refractivity contribution in [3.8, 4) is 5.75 Å². The van der Waals surface area contributed by atoms with Crippen molar-refractivity contribution in [1.82, 2.24) is 14.0 Å². The van der Waals surface area contributed by atoms with Gasteiger partial charge in [-0.1, -0.05) is 18.2 Å². The third-order valence-electron chi connectivity index (χ3n) is 5.68. The van der Waals surface area contributed by atoms with Crippen LogP contribution in [0.3, 0.4) is 0 Å².